The van der Waals surface area contributed by atoms with Crippen LogP contribution in [0.15, 0.2) is 23.5 Å². The zero-order chi connectivity index (χ0) is 13.0. The normalized spacial score (nSPS) is 25.8. The first-order chi connectivity index (χ1) is 8.74. The summed E-state index contributed by atoms with van der Waals surface area (Å²) in [5.41, 5.74) is 1.48. The molecule has 0 amide bonds. The molecule has 3 atom stereocenters. The van der Waals surface area contributed by atoms with E-state index in [1.54, 1.807) is 0 Å². The molecule has 0 aromatic rings. The van der Waals surface area contributed by atoms with E-state index in [0.717, 1.165) is 30.8 Å². The molecule has 0 aromatic carbocycles. The Labute approximate surface area is 112 Å². The van der Waals surface area contributed by atoms with Crippen molar-refractivity contribution in [1.29, 1.82) is 0 Å². The van der Waals surface area contributed by atoms with Gasteiger partial charge in [0, 0.05) is 6.42 Å². The van der Waals surface area contributed by atoms with Gasteiger partial charge in [0.05, 0.1) is 6.61 Å². The molecule has 0 radical (unpaired) electrons. The first-order valence-electron chi connectivity index (χ1n) is 7.78. The maximum absolute atomic E-state index is 5.63. The van der Waals surface area contributed by atoms with Crippen molar-refractivity contribution in [3.05, 3.63) is 23.5 Å². The highest BCUT2D eigenvalue weighted by Crippen LogP contribution is 2.37. The Kier molecular flexibility index (Phi) is 4.91. The number of hydrogen-bond acceptors (Lipinski definition) is 1. The van der Waals surface area contributed by atoms with Crippen molar-refractivity contribution in [3.8, 4) is 0 Å². The van der Waals surface area contributed by atoms with Crippen LogP contribution >= 0.6 is 0 Å². The monoisotopic (exact) mass is 248 g/mol. The third kappa shape index (κ3) is 3.18. The standard InChI is InChI=1S/C17H28O/c1-4-6-13(3)11-14(5-2)15-7-8-17-16(12-15)9-10-18-17/h8,12-15H,4-7,9-11H2,1-3H3. The van der Waals surface area contributed by atoms with Crippen LogP contribution in [-0.2, 0) is 4.74 Å². The van der Waals surface area contributed by atoms with Crippen molar-refractivity contribution < 1.29 is 4.74 Å². The molecular weight excluding hydrogens is 220 g/mol. The van der Waals surface area contributed by atoms with Gasteiger partial charge in [-0.3, -0.25) is 0 Å². The van der Waals surface area contributed by atoms with Gasteiger partial charge in [0.25, 0.3) is 0 Å². The smallest absolute Gasteiger partial charge is 0.118 e. The molecule has 1 heterocycles. The Hall–Kier alpha value is -0.720. The Morgan fingerprint density at radius 1 is 1.39 bits per heavy atom. The van der Waals surface area contributed by atoms with E-state index in [2.05, 4.69) is 32.9 Å². The molecule has 0 bridgehead atoms. The minimum absolute atomic E-state index is 0.759. The van der Waals surface area contributed by atoms with Gasteiger partial charge in [0.15, 0.2) is 0 Å². The predicted molar refractivity (Wildman–Crippen MR) is 77.3 cm³/mol. The minimum Gasteiger partial charge on any atom is -0.493 e. The van der Waals surface area contributed by atoms with E-state index >= 15 is 0 Å². The van der Waals surface area contributed by atoms with Gasteiger partial charge >= 0.3 is 0 Å². The molecule has 0 spiro atoms. The molecule has 0 N–H and O–H groups in total. The molecule has 1 fully saturated rings. The molecule has 1 nitrogen and oxygen atoms in total. The Morgan fingerprint density at radius 2 is 2.22 bits per heavy atom. The fourth-order valence-electron chi connectivity index (χ4n) is 3.51. The third-order valence-electron chi connectivity index (χ3n) is 4.55. The van der Waals surface area contributed by atoms with Crippen molar-refractivity contribution in [1.82, 2.24) is 0 Å². The first kappa shape index (κ1) is 13.7. The summed E-state index contributed by atoms with van der Waals surface area (Å²) in [6, 6.07) is 0. The number of ether oxygens (including phenoxy) is 1. The summed E-state index contributed by atoms with van der Waals surface area (Å²) in [4.78, 5) is 0. The molecule has 18 heavy (non-hydrogen) atoms. The van der Waals surface area contributed by atoms with Gasteiger partial charge in [-0.05, 0) is 42.2 Å². The van der Waals surface area contributed by atoms with Gasteiger partial charge in [-0.15, -0.1) is 0 Å². The van der Waals surface area contributed by atoms with Gasteiger partial charge in [-0.1, -0.05) is 46.1 Å². The number of fused-ring (bicyclic) bond motifs is 1. The molecule has 102 valence electrons. The lowest BCUT2D eigenvalue weighted by molar-refractivity contribution is 0.257. The van der Waals surface area contributed by atoms with Crippen LogP contribution in [0, 0.1) is 17.8 Å². The molecule has 3 unspecified atom stereocenters. The van der Waals surface area contributed by atoms with Crippen molar-refractivity contribution in [2.24, 2.45) is 17.8 Å². The molecule has 2 rings (SSSR count). The summed E-state index contributed by atoms with van der Waals surface area (Å²) in [6.07, 6.45) is 12.6. The average Bonchev–Trinajstić information content (AvgIpc) is 2.83. The molecule has 1 heteroatoms. The highest BCUT2D eigenvalue weighted by molar-refractivity contribution is 5.33. The van der Waals surface area contributed by atoms with E-state index in [1.165, 1.54) is 43.4 Å². The fraction of sp³-hybridized carbons (Fsp3) is 0.765. The summed E-state index contributed by atoms with van der Waals surface area (Å²) in [5.74, 6) is 3.68. The largest absolute Gasteiger partial charge is 0.493 e. The van der Waals surface area contributed by atoms with Gasteiger partial charge in [-0.25, -0.2) is 0 Å². The summed E-state index contributed by atoms with van der Waals surface area (Å²) in [5, 5.41) is 0. The molecule has 1 aliphatic carbocycles. The van der Waals surface area contributed by atoms with Crippen LogP contribution in [0.5, 0.6) is 0 Å². The van der Waals surface area contributed by atoms with Crippen LogP contribution < -0.4 is 0 Å². The number of allylic oxidation sites excluding steroid dienone is 3. The van der Waals surface area contributed by atoms with Crippen molar-refractivity contribution in [3.63, 3.8) is 0 Å². The second kappa shape index (κ2) is 6.45. The quantitative estimate of drug-likeness (QED) is 0.636. The summed E-state index contributed by atoms with van der Waals surface area (Å²) >= 11 is 0. The number of rotatable bonds is 6. The Balaban J connectivity index is 1.95. The van der Waals surface area contributed by atoms with E-state index < -0.39 is 0 Å². The van der Waals surface area contributed by atoms with Gasteiger partial charge < -0.3 is 4.74 Å². The zero-order valence-electron chi connectivity index (χ0n) is 12.2. The van der Waals surface area contributed by atoms with E-state index in [9.17, 15) is 0 Å². The molecular formula is C17H28O. The lowest BCUT2D eigenvalue weighted by atomic mass is 9.77. The molecule has 0 saturated carbocycles. The van der Waals surface area contributed by atoms with Crippen LogP contribution in [0.25, 0.3) is 0 Å². The van der Waals surface area contributed by atoms with E-state index in [4.69, 9.17) is 4.74 Å². The highest BCUT2D eigenvalue weighted by atomic mass is 16.5. The summed E-state index contributed by atoms with van der Waals surface area (Å²) in [6.45, 7) is 7.96. The average molecular weight is 248 g/mol. The lowest BCUT2D eigenvalue weighted by Gasteiger charge is -2.28. The third-order valence-corrected chi connectivity index (χ3v) is 4.55. The van der Waals surface area contributed by atoms with Crippen molar-refractivity contribution >= 4 is 0 Å². The fourth-order valence-corrected chi connectivity index (χ4v) is 3.51. The predicted octanol–water partition coefficient (Wildman–Crippen LogP) is 5.09. The van der Waals surface area contributed by atoms with Crippen LogP contribution in [0.1, 0.15) is 59.3 Å². The zero-order valence-corrected chi connectivity index (χ0v) is 12.2. The Morgan fingerprint density at radius 3 is 2.94 bits per heavy atom. The van der Waals surface area contributed by atoms with Gasteiger partial charge in [0.2, 0.25) is 0 Å². The SMILES string of the molecule is CCCC(C)CC(CC)C1C=C2CCOC2=CC1. The van der Waals surface area contributed by atoms with Crippen LogP contribution in [0.3, 0.4) is 0 Å². The van der Waals surface area contributed by atoms with E-state index in [-0.39, 0.29) is 0 Å². The maximum Gasteiger partial charge on any atom is 0.118 e. The van der Waals surface area contributed by atoms with Crippen LogP contribution in [-0.4, -0.2) is 6.61 Å². The molecule has 2 aliphatic rings. The van der Waals surface area contributed by atoms with E-state index in [1.807, 2.05) is 0 Å². The van der Waals surface area contributed by atoms with Crippen LogP contribution in [0.2, 0.25) is 0 Å². The summed E-state index contributed by atoms with van der Waals surface area (Å²) in [7, 11) is 0. The second-order valence-electron chi connectivity index (χ2n) is 6.06. The van der Waals surface area contributed by atoms with Crippen molar-refractivity contribution in [2.75, 3.05) is 6.61 Å². The second-order valence-corrected chi connectivity index (χ2v) is 6.06. The van der Waals surface area contributed by atoms with Gasteiger partial charge in [0.1, 0.15) is 5.76 Å². The minimum atomic E-state index is 0.759. The van der Waals surface area contributed by atoms with Crippen molar-refractivity contribution in [2.45, 2.75) is 59.3 Å². The topological polar surface area (TPSA) is 9.23 Å². The lowest BCUT2D eigenvalue weighted by Crippen LogP contribution is -2.17. The van der Waals surface area contributed by atoms with E-state index in [0.29, 0.717) is 0 Å². The maximum atomic E-state index is 5.63. The molecule has 1 aliphatic heterocycles. The van der Waals surface area contributed by atoms with Crippen LogP contribution in [0.4, 0.5) is 0 Å². The molecule has 1 saturated heterocycles. The Bertz CT molecular complexity index is 327. The van der Waals surface area contributed by atoms with Gasteiger partial charge in [-0.2, -0.15) is 0 Å². The summed E-state index contributed by atoms with van der Waals surface area (Å²) < 4.78 is 5.63. The number of hydrogen-bond donors (Lipinski definition) is 0. The highest BCUT2D eigenvalue weighted by Gasteiger charge is 2.26. The molecule has 0 aromatic heterocycles. The first-order valence-corrected chi connectivity index (χ1v) is 7.78.